The molecule has 0 aliphatic heterocycles. The molecule has 0 radical (unpaired) electrons. The lowest BCUT2D eigenvalue weighted by Gasteiger charge is -2.14. The summed E-state index contributed by atoms with van der Waals surface area (Å²) in [5.41, 5.74) is 0.889. The van der Waals surface area contributed by atoms with E-state index in [2.05, 4.69) is 10.6 Å². The van der Waals surface area contributed by atoms with E-state index in [-0.39, 0.29) is 0 Å². The Morgan fingerprint density at radius 1 is 1.35 bits per heavy atom. The Morgan fingerprint density at radius 3 is 2.55 bits per heavy atom. The van der Waals surface area contributed by atoms with Gasteiger partial charge in [0.1, 0.15) is 6.04 Å². The van der Waals surface area contributed by atoms with Gasteiger partial charge < -0.3 is 15.7 Å². The molecule has 5 nitrogen and oxygen atoms in total. The zero-order valence-corrected chi connectivity index (χ0v) is 12.6. The van der Waals surface area contributed by atoms with Crippen molar-refractivity contribution in [2.75, 3.05) is 12.0 Å². The minimum atomic E-state index is -1.03. The minimum absolute atomic E-state index is 0.317. The molecule has 0 bridgehead atoms. The largest absolute Gasteiger partial charge is 0.480 e. The first-order valence-electron chi connectivity index (χ1n) is 6.03. The van der Waals surface area contributed by atoms with Crippen LogP contribution in [0.25, 0.3) is 0 Å². The number of urea groups is 1. The third kappa shape index (κ3) is 6.16. The predicted octanol–water partition coefficient (Wildman–Crippen LogP) is 2.35. The van der Waals surface area contributed by atoms with Gasteiger partial charge in [0.05, 0.1) is 0 Å². The van der Waals surface area contributed by atoms with Crippen LogP contribution < -0.4 is 10.6 Å². The van der Waals surface area contributed by atoms with E-state index in [0.717, 1.165) is 5.56 Å². The lowest BCUT2D eigenvalue weighted by molar-refractivity contribution is -0.139. The van der Waals surface area contributed by atoms with E-state index < -0.39 is 18.0 Å². The summed E-state index contributed by atoms with van der Waals surface area (Å²) in [6.07, 6.45) is 2.28. The molecule has 0 spiro atoms. The number of carboxylic acids is 1. The van der Waals surface area contributed by atoms with Gasteiger partial charge in [-0.3, -0.25) is 0 Å². The molecule has 1 aromatic rings. The highest BCUT2D eigenvalue weighted by molar-refractivity contribution is 7.98. The van der Waals surface area contributed by atoms with Crippen molar-refractivity contribution in [1.29, 1.82) is 0 Å². The van der Waals surface area contributed by atoms with E-state index in [1.54, 1.807) is 24.3 Å². The van der Waals surface area contributed by atoms with Crippen molar-refractivity contribution < 1.29 is 14.7 Å². The molecule has 110 valence electrons. The van der Waals surface area contributed by atoms with E-state index in [9.17, 15) is 9.59 Å². The maximum Gasteiger partial charge on any atom is 0.326 e. The summed E-state index contributed by atoms with van der Waals surface area (Å²) >= 11 is 7.30. The Kier molecular flexibility index (Phi) is 7.25. The average Bonchev–Trinajstić information content (AvgIpc) is 2.42. The topological polar surface area (TPSA) is 78.4 Å². The van der Waals surface area contributed by atoms with Crippen molar-refractivity contribution in [2.24, 2.45) is 0 Å². The maximum absolute atomic E-state index is 11.6. The normalized spacial score (nSPS) is 11.7. The second-order valence-corrected chi connectivity index (χ2v) is 5.55. The minimum Gasteiger partial charge on any atom is -0.480 e. The van der Waals surface area contributed by atoms with Crippen molar-refractivity contribution in [3.05, 3.63) is 34.9 Å². The fraction of sp³-hybridized carbons (Fsp3) is 0.385. The fourth-order valence-corrected chi connectivity index (χ4v) is 2.08. The van der Waals surface area contributed by atoms with Gasteiger partial charge in [-0.25, -0.2) is 9.59 Å². The number of rotatable bonds is 7. The second-order valence-electron chi connectivity index (χ2n) is 4.13. The summed E-state index contributed by atoms with van der Waals surface area (Å²) in [7, 11) is 0. The van der Waals surface area contributed by atoms with Crippen LogP contribution in [-0.2, 0) is 11.3 Å². The molecule has 1 rings (SSSR count). The zero-order valence-electron chi connectivity index (χ0n) is 11.1. The van der Waals surface area contributed by atoms with Crippen LogP contribution in [0.1, 0.15) is 12.0 Å². The molecule has 0 saturated carbocycles. The van der Waals surface area contributed by atoms with Gasteiger partial charge in [0.2, 0.25) is 0 Å². The van der Waals surface area contributed by atoms with E-state index in [1.165, 1.54) is 11.8 Å². The number of amides is 2. The predicted molar refractivity (Wildman–Crippen MR) is 81.2 cm³/mol. The molecule has 0 saturated heterocycles. The van der Waals surface area contributed by atoms with Gasteiger partial charge in [0.25, 0.3) is 0 Å². The number of carboxylic acid groups (broad SMARTS) is 1. The van der Waals surface area contributed by atoms with E-state index in [1.807, 2.05) is 6.26 Å². The summed E-state index contributed by atoms with van der Waals surface area (Å²) in [6, 6.07) is 5.70. The first-order chi connectivity index (χ1) is 9.52. The van der Waals surface area contributed by atoms with Crippen molar-refractivity contribution in [3.63, 3.8) is 0 Å². The highest BCUT2D eigenvalue weighted by atomic mass is 35.5. The third-order valence-corrected chi connectivity index (χ3v) is 3.48. The zero-order chi connectivity index (χ0) is 15.0. The number of hydrogen-bond acceptors (Lipinski definition) is 3. The molecule has 0 aromatic heterocycles. The van der Waals surface area contributed by atoms with E-state index in [4.69, 9.17) is 16.7 Å². The highest BCUT2D eigenvalue weighted by Gasteiger charge is 2.18. The number of halogens is 1. The number of carbonyl (C=O) groups excluding carboxylic acids is 1. The summed E-state index contributed by atoms with van der Waals surface area (Å²) in [6.45, 7) is 0.317. The van der Waals surface area contributed by atoms with Gasteiger partial charge in [-0.1, -0.05) is 23.7 Å². The molecule has 0 fully saturated rings. The molecule has 2 amide bonds. The Labute approximate surface area is 127 Å². The maximum atomic E-state index is 11.6. The van der Waals surface area contributed by atoms with Crippen LogP contribution in [0, 0.1) is 0 Å². The molecular weight excluding hydrogens is 300 g/mol. The average molecular weight is 317 g/mol. The van der Waals surface area contributed by atoms with Crippen molar-refractivity contribution >= 4 is 35.4 Å². The summed E-state index contributed by atoms with van der Waals surface area (Å²) in [5.74, 6) is -0.352. The Balaban J connectivity index is 2.41. The Morgan fingerprint density at radius 2 is 2.00 bits per heavy atom. The highest BCUT2D eigenvalue weighted by Crippen LogP contribution is 2.09. The SMILES string of the molecule is CSCCC(NC(=O)NCc1ccc(Cl)cc1)C(=O)O. The smallest absolute Gasteiger partial charge is 0.326 e. The molecule has 7 heteroatoms. The van der Waals surface area contributed by atoms with Crippen LogP contribution in [0.15, 0.2) is 24.3 Å². The molecule has 0 heterocycles. The molecule has 0 aliphatic carbocycles. The first-order valence-corrected chi connectivity index (χ1v) is 7.80. The summed E-state index contributed by atoms with van der Waals surface area (Å²) in [5, 5.41) is 14.7. The number of aliphatic carboxylic acids is 1. The van der Waals surface area contributed by atoms with Gasteiger partial charge in [0.15, 0.2) is 0 Å². The van der Waals surface area contributed by atoms with Crippen LogP contribution >= 0.6 is 23.4 Å². The van der Waals surface area contributed by atoms with Gasteiger partial charge in [-0.2, -0.15) is 11.8 Å². The van der Waals surface area contributed by atoms with Crippen molar-refractivity contribution in [1.82, 2.24) is 10.6 Å². The summed E-state index contributed by atoms with van der Waals surface area (Å²) < 4.78 is 0. The number of hydrogen-bond donors (Lipinski definition) is 3. The molecule has 1 aromatic carbocycles. The molecule has 3 N–H and O–H groups in total. The van der Waals surface area contributed by atoms with Gasteiger partial charge in [-0.05, 0) is 36.1 Å². The second kappa shape index (κ2) is 8.71. The van der Waals surface area contributed by atoms with E-state index >= 15 is 0 Å². The van der Waals surface area contributed by atoms with E-state index in [0.29, 0.717) is 23.7 Å². The standard InChI is InChI=1S/C13H17ClN2O3S/c1-20-7-6-11(12(17)18)16-13(19)15-8-9-2-4-10(14)5-3-9/h2-5,11H,6-8H2,1H3,(H,17,18)(H2,15,16,19). The monoisotopic (exact) mass is 316 g/mol. The Bertz CT molecular complexity index is 453. The number of carbonyl (C=O) groups is 2. The molecule has 1 unspecified atom stereocenters. The summed E-state index contributed by atoms with van der Waals surface area (Å²) in [4.78, 5) is 22.6. The number of nitrogens with one attached hydrogen (secondary N) is 2. The molecule has 0 aliphatic rings. The Hall–Kier alpha value is -1.40. The van der Waals surface area contributed by atoms with Crippen LogP contribution in [-0.4, -0.2) is 35.2 Å². The third-order valence-electron chi connectivity index (χ3n) is 2.58. The quantitative estimate of drug-likeness (QED) is 0.721. The fourth-order valence-electron chi connectivity index (χ4n) is 1.49. The van der Waals surface area contributed by atoms with Crippen LogP contribution in [0.5, 0.6) is 0 Å². The van der Waals surface area contributed by atoms with Gasteiger partial charge in [-0.15, -0.1) is 0 Å². The molecule has 20 heavy (non-hydrogen) atoms. The molecule has 1 atom stereocenters. The van der Waals surface area contributed by atoms with Crippen LogP contribution in [0.3, 0.4) is 0 Å². The number of benzene rings is 1. The van der Waals surface area contributed by atoms with Crippen LogP contribution in [0.2, 0.25) is 5.02 Å². The molecular formula is C13H17ClN2O3S. The number of thioether (sulfide) groups is 1. The van der Waals surface area contributed by atoms with Crippen molar-refractivity contribution in [3.8, 4) is 0 Å². The lowest BCUT2D eigenvalue weighted by Crippen LogP contribution is -2.46. The van der Waals surface area contributed by atoms with Crippen molar-refractivity contribution in [2.45, 2.75) is 19.0 Å². The first kappa shape index (κ1) is 16.7. The van der Waals surface area contributed by atoms with Gasteiger partial charge in [0, 0.05) is 11.6 Å². The lowest BCUT2D eigenvalue weighted by atomic mass is 10.2. The van der Waals surface area contributed by atoms with Crippen LogP contribution in [0.4, 0.5) is 4.79 Å². The van der Waals surface area contributed by atoms with Gasteiger partial charge >= 0.3 is 12.0 Å².